The topological polar surface area (TPSA) is 8.17 Å². The maximum atomic E-state index is 2.39. The van der Waals surface area contributed by atoms with Gasteiger partial charge in [-0.15, -0.1) is 22.7 Å². The fraction of sp³-hybridized carbons (Fsp3) is 0. The van der Waals surface area contributed by atoms with E-state index in [0.717, 1.165) is 17.1 Å². The molecule has 0 fully saturated rings. The normalized spacial score (nSPS) is 11.8. The Morgan fingerprint density at radius 3 is 1.43 bits per heavy atom. The molecule has 3 heterocycles. The zero-order valence-electron chi connectivity index (χ0n) is 31.3. The van der Waals surface area contributed by atoms with Gasteiger partial charge in [-0.3, -0.25) is 0 Å². The number of aromatic nitrogens is 1. The summed E-state index contributed by atoms with van der Waals surface area (Å²) in [4.78, 5) is 2.39. The summed E-state index contributed by atoms with van der Waals surface area (Å²) in [5.41, 5.74) is 11.8. The molecule has 12 rings (SSSR count). The monoisotopic (exact) mass is 774 g/mol. The molecule has 0 saturated carbocycles. The van der Waals surface area contributed by atoms with Crippen LogP contribution < -0.4 is 4.90 Å². The van der Waals surface area contributed by atoms with Crippen LogP contribution in [0.25, 0.3) is 90.1 Å². The zero-order chi connectivity index (χ0) is 38.2. The van der Waals surface area contributed by atoms with Gasteiger partial charge in [0.1, 0.15) is 0 Å². The van der Waals surface area contributed by atoms with Crippen LogP contribution in [0.15, 0.2) is 206 Å². The van der Waals surface area contributed by atoms with Gasteiger partial charge in [0.15, 0.2) is 0 Å². The van der Waals surface area contributed by atoms with Crippen LogP contribution in [0, 0.1) is 0 Å². The lowest BCUT2D eigenvalue weighted by molar-refractivity contribution is 1.18. The fourth-order valence-electron chi connectivity index (χ4n) is 8.82. The number of anilines is 3. The second-order valence-corrected chi connectivity index (χ2v) is 17.1. The number of hydrogen-bond acceptors (Lipinski definition) is 3. The van der Waals surface area contributed by atoms with Crippen LogP contribution in [-0.2, 0) is 0 Å². The molecular formula is C54H34N2S2. The minimum atomic E-state index is 1.12. The van der Waals surface area contributed by atoms with E-state index in [2.05, 4.69) is 216 Å². The van der Waals surface area contributed by atoms with E-state index in [0.29, 0.717) is 0 Å². The van der Waals surface area contributed by atoms with Gasteiger partial charge in [-0.1, -0.05) is 121 Å². The van der Waals surface area contributed by atoms with Gasteiger partial charge in [-0.2, -0.15) is 0 Å². The average Bonchev–Trinajstić information content (AvgIpc) is 3.96. The Morgan fingerprint density at radius 1 is 0.293 bits per heavy atom. The lowest BCUT2D eigenvalue weighted by Crippen LogP contribution is -2.09. The van der Waals surface area contributed by atoms with Gasteiger partial charge in [0, 0.05) is 73.9 Å². The zero-order valence-corrected chi connectivity index (χ0v) is 33.0. The molecule has 9 aromatic carbocycles. The van der Waals surface area contributed by atoms with Gasteiger partial charge in [0.05, 0.1) is 11.0 Å². The molecule has 3 aromatic heterocycles. The highest BCUT2D eigenvalue weighted by molar-refractivity contribution is 7.26. The van der Waals surface area contributed by atoms with E-state index >= 15 is 0 Å². The molecule has 0 bridgehead atoms. The minimum Gasteiger partial charge on any atom is -0.310 e. The highest BCUT2D eigenvalue weighted by Crippen LogP contribution is 2.43. The molecule has 0 unspecified atom stereocenters. The third-order valence-corrected chi connectivity index (χ3v) is 13.9. The SMILES string of the molecule is c1ccc(-n2c3ccccc3c3cc(-c4ccc(N(c5ccc(-c6ccc7c(c6)sc6ccccc67)cc5)c5ccc6c(c5)sc5ccccc56)cc4)ccc32)cc1. The molecule has 0 aliphatic carbocycles. The summed E-state index contributed by atoms with van der Waals surface area (Å²) < 4.78 is 7.63. The Labute approximate surface area is 343 Å². The van der Waals surface area contributed by atoms with Crippen molar-refractivity contribution in [1.82, 2.24) is 4.57 Å². The minimum absolute atomic E-state index is 1.12. The number of rotatable bonds is 6. The van der Waals surface area contributed by atoms with E-state index in [1.807, 2.05) is 22.7 Å². The van der Waals surface area contributed by atoms with Crippen LogP contribution in [0.1, 0.15) is 0 Å². The van der Waals surface area contributed by atoms with Gasteiger partial charge in [-0.05, 0) is 107 Å². The maximum Gasteiger partial charge on any atom is 0.0541 e. The summed E-state index contributed by atoms with van der Waals surface area (Å²) in [5.74, 6) is 0. The largest absolute Gasteiger partial charge is 0.310 e. The van der Waals surface area contributed by atoms with Crippen molar-refractivity contribution >= 4 is 102 Å². The molecule has 0 atom stereocenters. The highest BCUT2D eigenvalue weighted by atomic mass is 32.1. The molecule has 2 nitrogen and oxygen atoms in total. The molecule has 0 aliphatic rings. The number of benzene rings is 9. The van der Waals surface area contributed by atoms with Gasteiger partial charge < -0.3 is 9.47 Å². The molecular weight excluding hydrogens is 741 g/mol. The van der Waals surface area contributed by atoms with E-state index in [1.54, 1.807) is 0 Å². The lowest BCUT2D eigenvalue weighted by Gasteiger charge is -2.26. The van der Waals surface area contributed by atoms with E-state index < -0.39 is 0 Å². The van der Waals surface area contributed by atoms with Gasteiger partial charge in [0.25, 0.3) is 0 Å². The number of hydrogen-bond donors (Lipinski definition) is 0. The second kappa shape index (κ2) is 13.3. The first-order chi connectivity index (χ1) is 28.7. The summed E-state index contributed by atoms with van der Waals surface area (Å²) in [6, 6.07) is 75.7. The predicted molar refractivity (Wildman–Crippen MR) is 252 cm³/mol. The van der Waals surface area contributed by atoms with Crippen molar-refractivity contribution in [3.8, 4) is 27.9 Å². The standard InChI is InChI=1S/C54H34N2S2/c1-2-10-39(11-3-1)56-49-15-7-4-12-43(49)48-32-37(23-31-50(48)56)35-18-24-40(25-19-35)55(42-28-30-47-45-14-6-9-17-52(45)58-54(47)34-42)41-26-20-36(21-27-41)38-22-29-46-44-13-5-8-16-51(44)57-53(46)33-38/h1-34H. The van der Waals surface area contributed by atoms with Crippen LogP contribution in [0.4, 0.5) is 17.1 Å². The quantitative estimate of drug-likeness (QED) is 0.163. The number of nitrogens with zero attached hydrogens (tertiary/aromatic N) is 2. The molecule has 12 aromatic rings. The summed E-state index contributed by atoms with van der Waals surface area (Å²) in [6.07, 6.45) is 0. The van der Waals surface area contributed by atoms with E-state index in [4.69, 9.17) is 0 Å². The van der Waals surface area contributed by atoms with Gasteiger partial charge in [-0.25, -0.2) is 0 Å². The van der Waals surface area contributed by atoms with Crippen LogP contribution in [0.3, 0.4) is 0 Å². The molecule has 58 heavy (non-hydrogen) atoms. The Bertz CT molecular complexity index is 3500. The number of fused-ring (bicyclic) bond motifs is 9. The van der Waals surface area contributed by atoms with Crippen molar-refractivity contribution in [3.05, 3.63) is 206 Å². The first kappa shape index (κ1) is 33.2. The lowest BCUT2D eigenvalue weighted by atomic mass is 10.0. The Hall–Kier alpha value is -6.98. The number of thiophene rings is 2. The molecule has 0 radical (unpaired) electrons. The van der Waals surface area contributed by atoms with E-state index in [9.17, 15) is 0 Å². The van der Waals surface area contributed by atoms with Crippen molar-refractivity contribution < 1.29 is 0 Å². The van der Waals surface area contributed by atoms with Gasteiger partial charge in [0.2, 0.25) is 0 Å². The van der Waals surface area contributed by atoms with Crippen LogP contribution in [0.2, 0.25) is 0 Å². The van der Waals surface area contributed by atoms with Crippen molar-refractivity contribution in [1.29, 1.82) is 0 Å². The Morgan fingerprint density at radius 2 is 0.759 bits per heavy atom. The van der Waals surface area contributed by atoms with Crippen molar-refractivity contribution in [3.63, 3.8) is 0 Å². The molecule has 0 amide bonds. The molecule has 0 spiro atoms. The maximum absolute atomic E-state index is 2.39. The fourth-order valence-corrected chi connectivity index (χ4v) is 11.1. The average molecular weight is 775 g/mol. The summed E-state index contributed by atoms with van der Waals surface area (Å²) >= 11 is 3.73. The van der Waals surface area contributed by atoms with Crippen LogP contribution in [-0.4, -0.2) is 4.57 Å². The van der Waals surface area contributed by atoms with Crippen molar-refractivity contribution in [2.45, 2.75) is 0 Å². The Kier molecular flexibility index (Phi) is 7.62. The van der Waals surface area contributed by atoms with E-state index in [-0.39, 0.29) is 0 Å². The molecule has 4 heteroatoms. The van der Waals surface area contributed by atoms with Crippen molar-refractivity contribution in [2.75, 3.05) is 4.90 Å². The predicted octanol–water partition coefficient (Wildman–Crippen LogP) is 16.3. The third kappa shape index (κ3) is 5.37. The smallest absolute Gasteiger partial charge is 0.0541 e. The first-order valence-corrected chi connectivity index (χ1v) is 21.3. The van der Waals surface area contributed by atoms with Gasteiger partial charge >= 0.3 is 0 Å². The first-order valence-electron chi connectivity index (χ1n) is 19.7. The van der Waals surface area contributed by atoms with Crippen LogP contribution >= 0.6 is 22.7 Å². The van der Waals surface area contributed by atoms with Crippen LogP contribution in [0.5, 0.6) is 0 Å². The Balaban J connectivity index is 0.944. The summed E-state index contributed by atoms with van der Waals surface area (Å²) in [7, 11) is 0. The second-order valence-electron chi connectivity index (χ2n) is 14.9. The third-order valence-electron chi connectivity index (χ3n) is 11.6. The molecule has 0 N–H and O–H groups in total. The summed E-state index contributed by atoms with van der Waals surface area (Å²) in [5, 5.41) is 7.79. The van der Waals surface area contributed by atoms with Crippen molar-refractivity contribution in [2.24, 2.45) is 0 Å². The number of para-hydroxylation sites is 2. The molecule has 272 valence electrons. The molecule has 0 aliphatic heterocycles. The highest BCUT2D eigenvalue weighted by Gasteiger charge is 2.17. The summed E-state index contributed by atoms with van der Waals surface area (Å²) in [6.45, 7) is 0. The van der Waals surface area contributed by atoms with E-state index in [1.165, 1.54) is 90.1 Å². The molecule has 0 saturated heterocycles.